The lowest BCUT2D eigenvalue weighted by Gasteiger charge is -2.29. The van der Waals surface area contributed by atoms with Crippen molar-refractivity contribution in [3.8, 4) is 0 Å². The molecule has 1 unspecified atom stereocenters. The van der Waals surface area contributed by atoms with Gasteiger partial charge in [-0.05, 0) is 38.3 Å². The molecule has 19 heavy (non-hydrogen) atoms. The number of para-hydroxylation sites is 1. The summed E-state index contributed by atoms with van der Waals surface area (Å²) in [6.45, 7) is 3.73. The molecule has 0 saturated carbocycles. The van der Waals surface area contributed by atoms with Crippen LogP contribution < -0.4 is 10.2 Å². The van der Waals surface area contributed by atoms with Gasteiger partial charge < -0.3 is 10.2 Å². The lowest BCUT2D eigenvalue weighted by molar-refractivity contribution is -0.920. The zero-order valence-electron chi connectivity index (χ0n) is 11.0. The minimum absolute atomic E-state index is 0.0289. The number of nitrogens with one attached hydrogen (secondary N) is 2. The maximum Gasteiger partial charge on any atom is 0.279 e. The summed E-state index contributed by atoms with van der Waals surface area (Å²) in [5.41, 5.74) is 0.514. The molecule has 104 valence electrons. The number of quaternary nitrogens is 1. The number of piperidine rings is 1. The molecule has 2 atom stereocenters. The molecule has 1 aromatic carbocycles. The van der Waals surface area contributed by atoms with Crippen LogP contribution in [0.4, 0.5) is 5.69 Å². The molecular weight excluding hydrogens is 283 g/mol. The average Bonchev–Trinajstić information content (AvgIpc) is 2.37. The molecule has 1 aromatic rings. The van der Waals surface area contributed by atoms with E-state index in [2.05, 4.69) is 12.2 Å². The van der Waals surface area contributed by atoms with Gasteiger partial charge in [0.2, 0.25) is 0 Å². The zero-order chi connectivity index (χ0) is 13.8. The molecule has 0 aliphatic carbocycles. The number of likely N-dealkylation sites (tertiary alicyclic amines) is 1. The molecule has 0 spiro atoms. The van der Waals surface area contributed by atoms with Gasteiger partial charge in [-0.25, -0.2) is 0 Å². The third kappa shape index (κ3) is 3.85. The van der Waals surface area contributed by atoms with Gasteiger partial charge >= 0.3 is 0 Å². The van der Waals surface area contributed by atoms with Crippen LogP contribution in [0.5, 0.6) is 0 Å². The Labute approximate surface area is 123 Å². The van der Waals surface area contributed by atoms with E-state index < -0.39 is 0 Å². The molecule has 1 heterocycles. The summed E-state index contributed by atoms with van der Waals surface area (Å²) < 4.78 is 0. The molecule has 2 rings (SSSR count). The van der Waals surface area contributed by atoms with E-state index in [0.29, 0.717) is 28.3 Å². The molecule has 1 amide bonds. The molecule has 1 fully saturated rings. The van der Waals surface area contributed by atoms with E-state index in [1.54, 1.807) is 18.2 Å². The Hall–Kier alpha value is -0.770. The molecule has 0 aromatic heterocycles. The molecule has 0 bridgehead atoms. The lowest BCUT2D eigenvalue weighted by atomic mass is 10.0. The average molecular weight is 302 g/mol. The van der Waals surface area contributed by atoms with E-state index in [-0.39, 0.29) is 5.91 Å². The summed E-state index contributed by atoms with van der Waals surface area (Å²) in [6, 6.07) is 5.75. The second kappa shape index (κ2) is 6.60. The van der Waals surface area contributed by atoms with E-state index in [0.717, 1.165) is 6.54 Å². The van der Waals surface area contributed by atoms with Crippen molar-refractivity contribution >= 4 is 34.8 Å². The fraction of sp³-hybridized carbons (Fsp3) is 0.500. The number of hydrogen-bond donors (Lipinski definition) is 2. The van der Waals surface area contributed by atoms with Crippen LogP contribution in [0.3, 0.4) is 0 Å². The predicted molar refractivity (Wildman–Crippen MR) is 79.1 cm³/mol. The van der Waals surface area contributed by atoms with Crippen LogP contribution in [0.2, 0.25) is 10.0 Å². The van der Waals surface area contributed by atoms with E-state index in [4.69, 9.17) is 23.2 Å². The van der Waals surface area contributed by atoms with Gasteiger partial charge in [-0.15, -0.1) is 0 Å². The van der Waals surface area contributed by atoms with Crippen LogP contribution in [0.15, 0.2) is 18.2 Å². The van der Waals surface area contributed by atoms with E-state index in [1.165, 1.54) is 24.2 Å². The number of anilines is 1. The molecular formula is C14H19Cl2N2O+. The van der Waals surface area contributed by atoms with Gasteiger partial charge in [0.25, 0.3) is 5.91 Å². The minimum Gasteiger partial charge on any atom is -0.325 e. The SMILES string of the molecule is C[C@@H]1CCCC[NH+]1CC(=O)Nc1c(Cl)cccc1Cl. The monoisotopic (exact) mass is 301 g/mol. The second-order valence-corrected chi connectivity index (χ2v) is 5.94. The quantitative estimate of drug-likeness (QED) is 0.883. The van der Waals surface area contributed by atoms with Crippen molar-refractivity contribution in [2.75, 3.05) is 18.4 Å². The number of rotatable bonds is 3. The summed E-state index contributed by atoms with van der Waals surface area (Å²) >= 11 is 12.1. The van der Waals surface area contributed by atoms with Crippen LogP contribution in [0.25, 0.3) is 0 Å². The Morgan fingerprint density at radius 1 is 1.37 bits per heavy atom. The van der Waals surface area contributed by atoms with E-state index >= 15 is 0 Å². The first-order valence-corrected chi connectivity index (χ1v) is 7.42. The largest absolute Gasteiger partial charge is 0.325 e. The van der Waals surface area contributed by atoms with Crippen molar-refractivity contribution in [1.29, 1.82) is 0 Å². The highest BCUT2D eigenvalue weighted by atomic mass is 35.5. The third-order valence-electron chi connectivity index (χ3n) is 3.70. The van der Waals surface area contributed by atoms with Crippen LogP contribution in [-0.4, -0.2) is 25.0 Å². The van der Waals surface area contributed by atoms with Gasteiger partial charge in [0.15, 0.2) is 6.54 Å². The normalized spacial score (nSPS) is 23.1. The van der Waals surface area contributed by atoms with Gasteiger partial charge in [-0.2, -0.15) is 0 Å². The van der Waals surface area contributed by atoms with Crippen LogP contribution in [-0.2, 0) is 4.79 Å². The first-order chi connectivity index (χ1) is 9.08. The minimum atomic E-state index is -0.0289. The van der Waals surface area contributed by atoms with Crippen molar-refractivity contribution in [3.63, 3.8) is 0 Å². The Morgan fingerprint density at radius 3 is 2.68 bits per heavy atom. The van der Waals surface area contributed by atoms with Crippen LogP contribution in [0, 0.1) is 0 Å². The van der Waals surface area contributed by atoms with Crippen molar-refractivity contribution in [2.45, 2.75) is 32.2 Å². The number of benzene rings is 1. The van der Waals surface area contributed by atoms with Crippen molar-refractivity contribution < 1.29 is 9.69 Å². The molecule has 2 N–H and O–H groups in total. The summed E-state index contributed by atoms with van der Waals surface area (Å²) in [4.78, 5) is 13.4. The lowest BCUT2D eigenvalue weighted by Crippen LogP contribution is -3.17. The maximum atomic E-state index is 12.1. The van der Waals surface area contributed by atoms with Crippen LogP contribution in [0.1, 0.15) is 26.2 Å². The van der Waals surface area contributed by atoms with Crippen LogP contribution >= 0.6 is 23.2 Å². The first-order valence-electron chi connectivity index (χ1n) is 6.66. The highest BCUT2D eigenvalue weighted by Crippen LogP contribution is 2.29. The van der Waals surface area contributed by atoms with Gasteiger partial charge in [0.05, 0.1) is 28.3 Å². The third-order valence-corrected chi connectivity index (χ3v) is 4.33. The number of amides is 1. The fourth-order valence-corrected chi connectivity index (χ4v) is 3.01. The van der Waals surface area contributed by atoms with Gasteiger partial charge in [0.1, 0.15) is 0 Å². The van der Waals surface area contributed by atoms with E-state index in [9.17, 15) is 4.79 Å². The number of halogens is 2. The molecule has 0 radical (unpaired) electrons. The topological polar surface area (TPSA) is 33.5 Å². The van der Waals surface area contributed by atoms with Gasteiger partial charge in [-0.3, -0.25) is 4.79 Å². The number of carbonyl (C=O) groups is 1. The summed E-state index contributed by atoms with van der Waals surface area (Å²) in [5, 5.41) is 3.77. The van der Waals surface area contributed by atoms with Gasteiger partial charge in [0, 0.05) is 0 Å². The zero-order valence-corrected chi connectivity index (χ0v) is 12.5. The van der Waals surface area contributed by atoms with Crippen molar-refractivity contribution in [1.82, 2.24) is 0 Å². The fourth-order valence-electron chi connectivity index (χ4n) is 2.52. The molecule has 1 aliphatic rings. The molecule has 5 heteroatoms. The highest BCUT2D eigenvalue weighted by molar-refractivity contribution is 6.39. The molecule has 1 aliphatic heterocycles. The molecule has 1 saturated heterocycles. The summed E-state index contributed by atoms with van der Waals surface area (Å²) in [6.07, 6.45) is 3.65. The Kier molecular flexibility index (Phi) is 5.08. The Bertz CT molecular complexity index is 445. The van der Waals surface area contributed by atoms with Gasteiger partial charge in [-0.1, -0.05) is 29.3 Å². The van der Waals surface area contributed by atoms with E-state index in [1.807, 2.05) is 0 Å². The predicted octanol–water partition coefficient (Wildman–Crippen LogP) is 2.39. The summed E-state index contributed by atoms with van der Waals surface area (Å²) in [5.74, 6) is -0.0289. The number of hydrogen-bond acceptors (Lipinski definition) is 1. The molecule has 3 nitrogen and oxygen atoms in total. The standard InChI is InChI=1S/C14H18Cl2N2O/c1-10-5-2-3-8-18(10)9-13(19)17-14-11(15)6-4-7-12(14)16/h4,6-7,10H,2-3,5,8-9H2,1H3,(H,17,19)/p+1/t10-/m1/s1. The van der Waals surface area contributed by atoms with Crippen molar-refractivity contribution in [3.05, 3.63) is 28.2 Å². The highest BCUT2D eigenvalue weighted by Gasteiger charge is 2.24. The second-order valence-electron chi connectivity index (χ2n) is 5.13. The first kappa shape index (κ1) is 14.6. The van der Waals surface area contributed by atoms with Crippen molar-refractivity contribution in [2.24, 2.45) is 0 Å². The maximum absolute atomic E-state index is 12.1. The number of carbonyl (C=O) groups excluding carboxylic acids is 1. The smallest absolute Gasteiger partial charge is 0.279 e. The Morgan fingerprint density at radius 2 is 2.05 bits per heavy atom. The Balaban J connectivity index is 1.97. The summed E-state index contributed by atoms with van der Waals surface area (Å²) in [7, 11) is 0.